The molecule has 63 heavy (non-hydrogen) atoms. The highest BCUT2D eigenvalue weighted by molar-refractivity contribution is 4.81. The summed E-state index contributed by atoms with van der Waals surface area (Å²) in [5.41, 5.74) is 0. The van der Waals surface area contributed by atoms with Gasteiger partial charge in [0.15, 0.2) is 0 Å². The summed E-state index contributed by atoms with van der Waals surface area (Å²) in [5.74, 6) is 1.80. The zero-order valence-electron chi connectivity index (χ0n) is 46.1. The standard InChI is InChI=1S/3C11H24N2.2C10H22N2/c1-9(2)12-11-5-7-13(8-6-11)10(3)4;1-9(2)12-7-11-5-6-13(8-11)10(3)4;1-10(2)12-6-5-7-13(9-8-12)11(3)4;1-9(2)11-5-7-12(8-6-11)10(3)4;1-9(2)12-6-4-10(5-7-12)8-11-3/h2*9-12H,5-8H2,1-4H3;10-11H,5-9H2,1-4H3;9-10H,5-8H2,1-4H3;9-11H,4-8H2,1-3H3. The Morgan fingerprint density at radius 2 is 0.667 bits per heavy atom. The lowest BCUT2D eigenvalue weighted by atomic mass is 9.96. The van der Waals surface area contributed by atoms with Gasteiger partial charge < -0.3 is 30.7 Å². The van der Waals surface area contributed by atoms with Crippen molar-refractivity contribution in [2.75, 3.05) is 112 Å². The first-order valence-electron chi connectivity index (χ1n) is 27.0. The van der Waals surface area contributed by atoms with E-state index in [2.05, 4.69) is 182 Å². The molecule has 5 aliphatic heterocycles. The second-order valence-corrected chi connectivity index (χ2v) is 22.5. The molecule has 1 unspecified atom stereocenters. The molecule has 0 amide bonds. The van der Waals surface area contributed by atoms with E-state index < -0.39 is 0 Å². The van der Waals surface area contributed by atoms with Crippen molar-refractivity contribution in [3.63, 3.8) is 0 Å². The second kappa shape index (κ2) is 34.0. The fraction of sp³-hybridized carbons (Fsp3) is 1.00. The minimum Gasteiger partial charge on any atom is -0.319 e. The normalized spacial score (nSPS) is 22.8. The quantitative estimate of drug-likeness (QED) is 0.160. The van der Waals surface area contributed by atoms with E-state index in [0.717, 1.165) is 48.1 Å². The van der Waals surface area contributed by atoms with E-state index in [1.165, 1.54) is 143 Å². The van der Waals surface area contributed by atoms with Crippen molar-refractivity contribution in [2.24, 2.45) is 11.8 Å². The van der Waals surface area contributed by atoms with Crippen LogP contribution in [0.2, 0.25) is 0 Å². The highest BCUT2D eigenvalue weighted by Crippen LogP contribution is 2.19. The molecule has 0 aliphatic carbocycles. The van der Waals surface area contributed by atoms with Crippen molar-refractivity contribution in [1.82, 2.24) is 50.2 Å². The molecule has 5 heterocycles. The van der Waals surface area contributed by atoms with Gasteiger partial charge in [0.05, 0.1) is 0 Å². The topological polar surface area (TPSA) is 58.8 Å². The fourth-order valence-electron chi connectivity index (χ4n) is 9.68. The van der Waals surface area contributed by atoms with Crippen LogP contribution in [-0.2, 0) is 0 Å². The van der Waals surface area contributed by atoms with Gasteiger partial charge in [-0.2, -0.15) is 0 Å². The van der Waals surface area contributed by atoms with Crippen LogP contribution in [0.5, 0.6) is 0 Å². The molecule has 0 bridgehead atoms. The minimum atomic E-state index is 0.632. The first-order valence-corrected chi connectivity index (χ1v) is 27.0. The van der Waals surface area contributed by atoms with Crippen LogP contribution in [-0.4, -0.2) is 206 Å². The monoisotopic (exact) mass is 893 g/mol. The van der Waals surface area contributed by atoms with Gasteiger partial charge in [-0.3, -0.25) is 19.6 Å². The average Bonchev–Trinajstić information content (AvgIpc) is 3.57. The maximum Gasteiger partial charge on any atom is 0.0113 e. The number of hydrogen-bond acceptors (Lipinski definition) is 10. The van der Waals surface area contributed by atoms with Crippen molar-refractivity contribution >= 4 is 0 Å². The molecule has 378 valence electrons. The number of likely N-dealkylation sites (tertiary alicyclic amines) is 3. The Morgan fingerprint density at radius 3 is 0.984 bits per heavy atom. The van der Waals surface area contributed by atoms with Crippen LogP contribution in [0, 0.1) is 11.8 Å². The third-order valence-electron chi connectivity index (χ3n) is 14.4. The van der Waals surface area contributed by atoms with E-state index in [-0.39, 0.29) is 0 Å². The molecule has 5 fully saturated rings. The first kappa shape index (κ1) is 60.6. The summed E-state index contributed by atoms with van der Waals surface area (Å²) in [6, 6.07) is 7.08. The fourth-order valence-corrected chi connectivity index (χ4v) is 9.68. The Bertz CT molecular complexity index is 1000. The molecule has 0 saturated carbocycles. The zero-order valence-corrected chi connectivity index (χ0v) is 46.1. The molecule has 5 saturated heterocycles. The van der Waals surface area contributed by atoms with Crippen LogP contribution >= 0.6 is 0 Å². The maximum atomic E-state index is 3.61. The van der Waals surface area contributed by atoms with Crippen LogP contribution < -0.4 is 16.0 Å². The minimum absolute atomic E-state index is 0.632. The van der Waals surface area contributed by atoms with Crippen molar-refractivity contribution < 1.29 is 0 Å². The Balaban J connectivity index is 0.000000394. The van der Waals surface area contributed by atoms with Gasteiger partial charge in [0.2, 0.25) is 0 Å². The lowest BCUT2D eigenvalue weighted by Crippen LogP contribution is -2.50. The van der Waals surface area contributed by atoms with Gasteiger partial charge in [0, 0.05) is 106 Å². The first-order chi connectivity index (χ1) is 29.6. The number of hydrogen-bond donors (Lipinski definition) is 3. The molecule has 5 aliphatic rings. The van der Waals surface area contributed by atoms with Gasteiger partial charge in [-0.1, -0.05) is 27.7 Å². The molecule has 0 aromatic carbocycles. The third kappa shape index (κ3) is 27.3. The van der Waals surface area contributed by atoms with Crippen molar-refractivity contribution in [3.05, 3.63) is 0 Å². The van der Waals surface area contributed by atoms with E-state index >= 15 is 0 Å². The van der Waals surface area contributed by atoms with Gasteiger partial charge in [-0.25, -0.2) is 0 Å². The van der Waals surface area contributed by atoms with E-state index in [1.807, 2.05) is 0 Å². The van der Waals surface area contributed by atoms with Crippen LogP contribution in [0.4, 0.5) is 0 Å². The van der Waals surface area contributed by atoms with Crippen LogP contribution in [0.3, 0.4) is 0 Å². The van der Waals surface area contributed by atoms with Crippen molar-refractivity contribution in [3.8, 4) is 0 Å². The largest absolute Gasteiger partial charge is 0.319 e. The van der Waals surface area contributed by atoms with Crippen LogP contribution in [0.15, 0.2) is 0 Å². The summed E-state index contributed by atoms with van der Waals surface area (Å²) in [5, 5.41) is 10.4. The van der Waals surface area contributed by atoms with Gasteiger partial charge in [0.25, 0.3) is 0 Å². The Labute approximate surface area is 396 Å². The highest BCUT2D eigenvalue weighted by atomic mass is 15.3. The Kier molecular flexibility index (Phi) is 32.7. The molecule has 10 nitrogen and oxygen atoms in total. The molecule has 0 aromatic rings. The predicted molar refractivity (Wildman–Crippen MR) is 281 cm³/mol. The van der Waals surface area contributed by atoms with Crippen LogP contribution in [0.1, 0.15) is 163 Å². The van der Waals surface area contributed by atoms with Gasteiger partial charge in [-0.05, 0) is 213 Å². The van der Waals surface area contributed by atoms with E-state index in [4.69, 9.17) is 0 Å². The number of nitrogens with zero attached hydrogens (tertiary/aromatic N) is 7. The lowest BCUT2D eigenvalue weighted by Gasteiger charge is -2.38. The summed E-state index contributed by atoms with van der Waals surface area (Å²) < 4.78 is 0. The number of nitrogens with one attached hydrogen (secondary N) is 3. The Hall–Kier alpha value is -0.400. The van der Waals surface area contributed by atoms with Crippen molar-refractivity contribution in [1.29, 1.82) is 0 Å². The average molecular weight is 894 g/mol. The number of rotatable bonds is 14. The highest BCUT2D eigenvalue weighted by Gasteiger charge is 2.25. The molecule has 0 aromatic heterocycles. The summed E-state index contributed by atoms with van der Waals surface area (Å²) in [6.07, 6.45) is 8.08. The molecule has 10 heteroatoms. The summed E-state index contributed by atoms with van der Waals surface area (Å²) in [7, 11) is 2.05. The summed E-state index contributed by atoms with van der Waals surface area (Å²) >= 11 is 0. The molecule has 1 atom stereocenters. The Morgan fingerprint density at radius 1 is 0.349 bits per heavy atom. The van der Waals surface area contributed by atoms with E-state index in [9.17, 15) is 0 Å². The predicted octanol–water partition coefficient (Wildman–Crippen LogP) is 8.13. The smallest absolute Gasteiger partial charge is 0.0113 e. The molecular formula is C53H116N10. The van der Waals surface area contributed by atoms with Crippen LogP contribution in [0.25, 0.3) is 0 Å². The maximum absolute atomic E-state index is 3.61. The van der Waals surface area contributed by atoms with Gasteiger partial charge in [-0.15, -0.1) is 0 Å². The summed E-state index contributed by atoms with van der Waals surface area (Å²) in [6.45, 7) is 61.1. The molecule has 3 N–H and O–H groups in total. The molecular weight excluding hydrogens is 777 g/mol. The van der Waals surface area contributed by atoms with Gasteiger partial charge >= 0.3 is 0 Å². The van der Waals surface area contributed by atoms with E-state index in [0.29, 0.717) is 24.2 Å². The number of piperazine rings is 1. The molecule has 0 spiro atoms. The van der Waals surface area contributed by atoms with E-state index in [1.54, 1.807) is 0 Å². The lowest BCUT2D eigenvalue weighted by molar-refractivity contribution is 0.0887. The molecule has 0 radical (unpaired) electrons. The second-order valence-electron chi connectivity index (χ2n) is 22.5. The molecule has 5 rings (SSSR count). The van der Waals surface area contributed by atoms with Crippen molar-refractivity contribution in [2.45, 2.75) is 224 Å². The van der Waals surface area contributed by atoms with Gasteiger partial charge in [0.1, 0.15) is 0 Å². The SMILES string of the molecule is CC(C)N1CCCN(C(C)C)CC1.CC(C)N1CCN(C(C)C)CC1.CC(C)NC1CCN(C(C)C)CC1.CC(C)NCC1CCN(C(C)C)C1.CNCC1CCN(C(C)C)CC1. The number of piperidine rings is 2. The third-order valence-corrected chi connectivity index (χ3v) is 14.4. The zero-order chi connectivity index (χ0) is 47.6. The summed E-state index contributed by atoms with van der Waals surface area (Å²) in [4.78, 5) is 18.0.